The molecule has 0 saturated carbocycles. The highest BCUT2D eigenvalue weighted by atomic mass is 16.6. The molecule has 2 heterocycles. The quantitative estimate of drug-likeness (QED) is 0.313. The Labute approximate surface area is 157 Å². The number of carboxylic acids is 1. The number of ether oxygens (including phenoxy) is 2. The molecule has 2 rings (SSSR count). The van der Waals surface area contributed by atoms with E-state index in [1.165, 1.54) is 6.07 Å². The number of nitrogens with two attached hydrogens (primary N) is 2. The van der Waals surface area contributed by atoms with Gasteiger partial charge in [-0.1, -0.05) is 0 Å². The van der Waals surface area contributed by atoms with Crippen molar-refractivity contribution in [2.24, 2.45) is 5.73 Å². The molecule has 1 aliphatic heterocycles. The van der Waals surface area contributed by atoms with Gasteiger partial charge in [-0.3, -0.25) is 9.59 Å². The zero-order chi connectivity index (χ0) is 21.1. The molecule has 13 heteroatoms. The van der Waals surface area contributed by atoms with Crippen LogP contribution in [0.15, 0.2) is 28.6 Å². The zero-order valence-electron chi connectivity index (χ0n) is 14.3. The molecule has 0 radical (unpaired) electrons. The molecule has 7 N–H and O–H groups in total. The third-order valence-electron chi connectivity index (χ3n) is 3.85. The second-order valence-corrected chi connectivity index (χ2v) is 5.77. The molecule has 3 atom stereocenters. The van der Waals surface area contributed by atoms with Crippen molar-refractivity contribution in [3.05, 3.63) is 34.3 Å². The molecule has 150 valence electrons. The number of aliphatic hydroxyl groups excluding tert-OH is 2. The lowest BCUT2D eigenvalue weighted by Gasteiger charge is -2.26. The van der Waals surface area contributed by atoms with E-state index >= 15 is 0 Å². The summed E-state index contributed by atoms with van der Waals surface area (Å²) in [7, 11) is 0. The summed E-state index contributed by atoms with van der Waals surface area (Å²) in [6, 6.07) is 1.52. The molecule has 1 aromatic rings. The summed E-state index contributed by atoms with van der Waals surface area (Å²) in [5.41, 5.74) is 7.45. The number of anilines is 1. The van der Waals surface area contributed by atoms with Gasteiger partial charge in [0, 0.05) is 12.6 Å². The Morgan fingerprint density at radius 3 is 2.79 bits per heavy atom. The van der Waals surface area contributed by atoms with Crippen LogP contribution >= 0.6 is 0 Å². The monoisotopic (exact) mass is 395 g/mol. The van der Waals surface area contributed by atoms with Crippen LogP contribution < -0.4 is 17.2 Å². The van der Waals surface area contributed by atoms with Crippen molar-refractivity contribution in [2.45, 2.75) is 30.7 Å². The normalized spacial score (nSPS) is 22.2. The summed E-state index contributed by atoms with van der Waals surface area (Å²) >= 11 is 0. The van der Waals surface area contributed by atoms with Crippen LogP contribution in [-0.2, 0) is 24.8 Å². The Kier molecular flexibility index (Phi) is 5.87. The fourth-order valence-corrected chi connectivity index (χ4v) is 2.37. The third kappa shape index (κ3) is 3.87. The molecule has 0 bridgehead atoms. The van der Waals surface area contributed by atoms with Gasteiger partial charge in [0.25, 0.3) is 0 Å². The fourth-order valence-electron chi connectivity index (χ4n) is 2.37. The molecule has 0 amide bonds. The van der Waals surface area contributed by atoms with E-state index in [0.29, 0.717) is 4.57 Å². The lowest BCUT2D eigenvalue weighted by atomic mass is 10.1. The van der Waals surface area contributed by atoms with Gasteiger partial charge in [-0.25, -0.2) is 9.36 Å². The lowest BCUT2D eigenvalue weighted by Crippen LogP contribution is -2.48. The maximum Gasteiger partial charge on any atom is 0.353 e. The zero-order valence-corrected chi connectivity index (χ0v) is 14.3. The van der Waals surface area contributed by atoms with Crippen molar-refractivity contribution in [1.82, 2.24) is 9.55 Å². The number of aliphatic hydroxyl groups is 2. The van der Waals surface area contributed by atoms with Crippen molar-refractivity contribution in [2.75, 3.05) is 12.3 Å². The van der Waals surface area contributed by atoms with Crippen LogP contribution in [0.2, 0.25) is 0 Å². The highest BCUT2D eigenvalue weighted by Gasteiger charge is 2.53. The third-order valence-corrected chi connectivity index (χ3v) is 3.85. The summed E-state index contributed by atoms with van der Waals surface area (Å²) in [6.07, 6.45) is -1.49. The first-order chi connectivity index (χ1) is 13.1. The first-order valence-corrected chi connectivity index (χ1v) is 7.82. The van der Waals surface area contributed by atoms with Gasteiger partial charge in [0.1, 0.15) is 17.9 Å². The number of aromatic nitrogens is 2. The van der Waals surface area contributed by atoms with Gasteiger partial charge >= 0.3 is 23.4 Å². The first kappa shape index (κ1) is 20.7. The molecule has 0 saturated heterocycles. The van der Waals surface area contributed by atoms with Gasteiger partial charge in [-0.05, 0) is 12.5 Å². The lowest BCUT2D eigenvalue weighted by molar-refractivity contribution is -0.147. The van der Waals surface area contributed by atoms with Crippen LogP contribution in [0.4, 0.5) is 5.82 Å². The second kappa shape index (κ2) is 7.94. The molecule has 28 heavy (non-hydrogen) atoms. The minimum atomic E-state index is -2.39. The van der Waals surface area contributed by atoms with Crippen molar-refractivity contribution in [1.29, 1.82) is 5.26 Å². The van der Waals surface area contributed by atoms with E-state index in [2.05, 4.69) is 4.98 Å². The Morgan fingerprint density at radius 1 is 1.54 bits per heavy atom. The van der Waals surface area contributed by atoms with E-state index < -0.39 is 53.6 Å². The van der Waals surface area contributed by atoms with Gasteiger partial charge in [-0.2, -0.15) is 10.2 Å². The molecule has 0 aromatic carbocycles. The van der Waals surface area contributed by atoms with E-state index in [0.717, 1.165) is 6.20 Å². The molecular formula is C15H17N5O8. The molecule has 0 spiro atoms. The van der Waals surface area contributed by atoms with Gasteiger partial charge in [0.2, 0.25) is 0 Å². The smallest absolute Gasteiger partial charge is 0.353 e. The van der Waals surface area contributed by atoms with E-state index in [-0.39, 0.29) is 18.7 Å². The average molecular weight is 395 g/mol. The number of aliphatic carboxylic acids is 1. The number of nitrogens with zero attached hydrogens (tertiary/aromatic N) is 3. The molecule has 1 unspecified atom stereocenters. The van der Waals surface area contributed by atoms with Crippen molar-refractivity contribution in [3.8, 4) is 6.07 Å². The van der Waals surface area contributed by atoms with Gasteiger partial charge < -0.3 is 36.3 Å². The van der Waals surface area contributed by atoms with Gasteiger partial charge in [0.15, 0.2) is 24.2 Å². The van der Waals surface area contributed by atoms with Crippen LogP contribution in [-0.4, -0.2) is 55.6 Å². The predicted molar refractivity (Wildman–Crippen MR) is 89.0 cm³/mol. The molecule has 1 aliphatic rings. The minimum absolute atomic E-state index is 0.136. The van der Waals surface area contributed by atoms with Crippen molar-refractivity contribution >= 4 is 17.8 Å². The largest absolute Gasteiger partial charge is 0.506 e. The van der Waals surface area contributed by atoms with Crippen LogP contribution in [0.25, 0.3) is 0 Å². The Hall–Kier alpha value is -3.63. The van der Waals surface area contributed by atoms with Gasteiger partial charge in [0.05, 0.1) is 0 Å². The standard InChI is InChI=1S/C15H17N5O8/c16-6-15(20-4-3-9(18)19-14(20)26)12(24)11(23)8(28-15)5-27-13(25)7(17)1-2-10(21)22/h3-4,7,12,23-24H,1-2,5,17H2,(H,21,22)(H2,18,19,26)/t7-,12?,15-/m1/s1. The maximum absolute atomic E-state index is 12.0. The highest BCUT2D eigenvalue weighted by molar-refractivity contribution is 5.76. The Bertz CT molecular complexity index is 920. The van der Waals surface area contributed by atoms with E-state index in [1.807, 2.05) is 0 Å². The van der Waals surface area contributed by atoms with Gasteiger partial charge in [-0.15, -0.1) is 0 Å². The van der Waals surface area contributed by atoms with Crippen LogP contribution in [0.3, 0.4) is 0 Å². The Morgan fingerprint density at radius 2 is 2.21 bits per heavy atom. The number of hydrogen-bond acceptors (Lipinski definition) is 11. The topological polar surface area (TPSA) is 224 Å². The second-order valence-electron chi connectivity index (χ2n) is 5.77. The Balaban J connectivity index is 2.16. The maximum atomic E-state index is 12.0. The van der Waals surface area contributed by atoms with Crippen molar-refractivity contribution < 1.29 is 34.4 Å². The number of carbonyl (C=O) groups excluding carboxylic acids is 1. The highest BCUT2D eigenvalue weighted by Crippen LogP contribution is 2.36. The minimum Gasteiger partial charge on any atom is -0.506 e. The molecule has 0 aliphatic carbocycles. The van der Waals surface area contributed by atoms with Crippen LogP contribution in [0.5, 0.6) is 0 Å². The number of rotatable bonds is 7. The van der Waals surface area contributed by atoms with E-state index in [1.54, 1.807) is 6.07 Å². The SMILES string of the molecule is N#C[C@@]1(n2ccc(N)nc2=O)OC(COC(=O)[C@H](N)CCC(=O)O)=C(O)C1O. The summed E-state index contributed by atoms with van der Waals surface area (Å²) < 4.78 is 10.7. The van der Waals surface area contributed by atoms with Crippen LogP contribution in [0, 0.1) is 11.3 Å². The van der Waals surface area contributed by atoms with E-state index in [4.69, 9.17) is 26.0 Å². The van der Waals surface area contributed by atoms with Crippen LogP contribution in [0.1, 0.15) is 12.8 Å². The summed E-state index contributed by atoms with van der Waals surface area (Å²) in [5, 5.41) is 38.4. The van der Waals surface area contributed by atoms with E-state index in [9.17, 15) is 29.9 Å². The molecule has 0 fully saturated rings. The summed E-state index contributed by atoms with van der Waals surface area (Å²) in [4.78, 5) is 37.7. The summed E-state index contributed by atoms with van der Waals surface area (Å²) in [5.74, 6) is -3.59. The number of carboxylic acid groups (broad SMARTS) is 1. The first-order valence-electron chi connectivity index (χ1n) is 7.82. The number of carbonyl (C=O) groups is 2. The number of hydrogen-bond donors (Lipinski definition) is 5. The average Bonchev–Trinajstić information content (AvgIpc) is 2.89. The number of esters is 1. The number of nitrogen functional groups attached to an aromatic ring is 1. The molecule has 1 aromatic heterocycles. The summed E-state index contributed by atoms with van der Waals surface area (Å²) in [6.45, 7) is -0.719. The number of nitriles is 1. The van der Waals surface area contributed by atoms with Crippen molar-refractivity contribution in [3.63, 3.8) is 0 Å². The molecular weight excluding hydrogens is 378 g/mol. The predicted octanol–water partition coefficient (Wildman–Crippen LogP) is -2.10. The molecule has 13 nitrogen and oxygen atoms in total. The fraction of sp³-hybridized carbons (Fsp3) is 0.400.